The van der Waals surface area contributed by atoms with Gasteiger partial charge in [-0.2, -0.15) is 9.78 Å². The smallest absolute Gasteiger partial charge is 0.316 e. The van der Waals surface area contributed by atoms with Gasteiger partial charge < -0.3 is 9.64 Å². The number of hydrogen-bond donors (Lipinski definition) is 0. The van der Waals surface area contributed by atoms with Crippen LogP contribution < -0.4 is 15.2 Å². The molecule has 0 bridgehead atoms. The summed E-state index contributed by atoms with van der Waals surface area (Å²) in [6.45, 7) is 5.80. The lowest BCUT2D eigenvalue weighted by Gasteiger charge is -2.35. The summed E-state index contributed by atoms with van der Waals surface area (Å²) in [5.74, 6) is 1.50. The van der Waals surface area contributed by atoms with E-state index in [4.69, 9.17) is 16.3 Å². The van der Waals surface area contributed by atoms with E-state index in [0.717, 1.165) is 63.3 Å². The molecule has 156 valence electrons. The molecular weight excluding hydrogens is 408 g/mol. The van der Waals surface area contributed by atoms with Crippen LogP contribution in [0.5, 0.6) is 5.75 Å². The molecule has 1 aromatic heterocycles. The Morgan fingerprint density at radius 3 is 2.66 bits per heavy atom. The van der Waals surface area contributed by atoms with Crippen molar-refractivity contribution in [1.29, 1.82) is 0 Å². The standard InChI is InChI=1S/C21H27ClN4O2S/c1-2-29-25-12-10-24(11-13-25)19-15-23-26(17-7-5-6-16(22)14-17)21(27)20(19)28-18-8-3-4-9-18/h5-7,14-15,18H,2-4,8-13H2,1H3. The fourth-order valence-electron chi connectivity index (χ4n) is 3.97. The predicted molar refractivity (Wildman–Crippen MR) is 120 cm³/mol. The third-order valence-corrected chi connectivity index (χ3v) is 6.67. The second-order valence-corrected chi connectivity index (χ2v) is 9.20. The largest absolute Gasteiger partial charge is 0.483 e. The van der Waals surface area contributed by atoms with E-state index in [-0.39, 0.29) is 11.7 Å². The fourth-order valence-corrected chi connectivity index (χ4v) is 4.94. The molecule has 0 N–H and O–H groups in total. The zero-order valence-corrected chi connectivity index (χ0v) is 18.3. The van der Waals surface area contributed by atoms with Crippen molar-refractivity contribution in [2.24, 2.45) is 0 Å². The molecule has 2 aromatic rings. The Hall–Kier alpha value is -1.70. The number of hydrogen-bond acceptors (Lipinski definition) is 6. The van der Waals surface area contributed by atoms with Crippen molar-refractivity contribution in [3.8, 4) is 11.4 Å². The van der Waals surface area contributed by atoms with Crippen LogP contribution in [0.2, 0.25) is 5.02 Å². The predicted octanol–water partition coefficient (Wildman–Crippen LogP) is 4.00. The maximum absolute atomic E-state index is 13.4. The lowest BCUT2D eigenvalue weighted by atomic mass is 10.2. The van der Waals surface area contributed by atoms with Gasteiger partial charge in [0.15, 0.2) is 0 Å². The van der Waals surface area contributed by atoms with Gasteiger partial charge in [0.25, 0.3) is 0 Å². The molecule has 0 unspecified atom stereocenters. The topological polar surface area (TPSA) is 50.6 Å². The Morgan fingerprint density at radius 2 is 1.97 bits per heavy atom. The van der Waals surface area contributed by atoms with Crippen LogP contribution in [0, 0.1) is 0 Å². The van der Waals surface area contributed by atoms with E-state index in [1.165, 1.54) is 4.68 Å². The molecule has 2 aliphatic rings. The van der Waals surface area contributed by atoms with Gasteiger partial charge in [-0.25, -0.2) is 4.31 Å². The summed E-state index contributed by atoms with van der Waals surface area (Å²) >= 11 is 7.99. The van der Waals surface area contributed by atoms with Crippen molar-refractivity contribution >= 4 is 29.2 Å². The molecular formula is C21H27ClN4O2S. The first-order valence-electron chi connectivity index (χ1n) is 10.3. The van der Waals surface area contributed by atoms with Gasteiger partial charge in [-0.05, 0) is 43.9 Å². The number of anilines is 1. The SMILES string of the molecule is CCSN1CCN(c2cnn(-c3cccc(Cl)c3)c(=O)c2OC2CCCC2)CC1. The van der Waals surface area contributed by atoms with Crippen molar-refractivity contribution < 1.29 is 4.74 Å². The van der Waals surface area contributed by atoms with E-state index in [0.29, 0.717) is 16.5 Å². The van der Waals surface area contributed by atoms with Crippen LogP contribution in [0.25, 0.3) is 5.69 Å². The summed E-state index contributed by atoms with van der Waals surface area (Å²) in [6.07, 6.45) is 6.18. The van der Waals surface area contributed by atoms with Crippen LogP contribution in [-0.2, 0) is 0 Å². The average Bonchev–Trinajstić information content (AvgIpc) is 3.24. The van der Waals surface area contributed by atoms with Crippen molar-refractivity contribution in [1.82, 2.24) is 14.1 Å². The summed E-state index contributed by atoms with van der Waals surface area (Å²) in [4.78, 5) is 15.6. The zero-order valence-electron chi connectivity index (χ0n) is 16.7. The van der Waals surface area contributed by atoms with Gasteiger partial charge in [0, 0.05) is 37.0 Å². The van der Waals surface area contributed by atoms with E-state index < -0.39 is 0 Å². The van der Waals surface area contributed by atoms with Gasteiger partial charge in [0.05, 0.1) is 18.0 Å². The van der Waals surface area contributed by atoms with E-state index >= 15 is 0 Å². The molecule has 2 fully saturated rings. The van der Waals surface area contributed by atoms with Crippen LogP contribution in [0.1, 0.15) is 32.6 Å². The summed E-state index contributed by atoms with van der Waals surface area (Å²) in [5, 5.41) is 5.03. The highest BCUT2D eigenvalue weighted by atomic mass is 35.5. The van der Waals surface area contributed by atoms with Crippen molar-refractivity contribution in [3.05, 3.63) is 45.8 Å². The Labute approximate surface area is 180 Å². The summed E-state index contributed by atoms with van der Waals surface area (Å²) in [7, 11) is 0. The van der Waals surface area contributed by atoms with Crippen LogP contribution in [0.3, 0.4) is 0 Å². The molecule has 1 aromatic carbocycles. The highest BCUT2D eigenvalue weighted by Crippen LogP contribution is 2.30. The highest BCUT2D eigenvalue weighted by molar-refractivity contribution is 7.96. The van der Waals surface area contributed by atoms with E-state index in [2.05, 4.69) is 21.2 Å². The summed E-state index contributed by atoms with van der Waals surface area (Å²) in [5.41, 5.74) is 1.23. The summed E-state index contributed by atoms with van der Waals surface area (Å²) in [6, 6.07) is 7.19. The summed E-state index contributed by atoms with van der Waals surface area (Å²) < 4.78 is 10.1. The fraction of sp³-hybridized carbons (Fsp3) is 0.524. The monoisotopic (exact) mass is 434 g/mol. The second kappa shape index (κ2) is 9.41. The van der Waals surface area contributed by atoms with E-state index in [1.807, 2.05) is 24.1 Å². The van der Waals surface area contributed by atoms with E-state index in [1.54, 1.807) is 18.3 Å². The van der Waals surface area contributed by atoms with Crippen LogP contribution in [-0.4, -0.2) is 52.1 Å². The molecule has 2 heterocycles. The minimum absolute atomic E-state index is 0.105. The lowest BCUT2D eigenvalue weighted by Crippen LogP contribution is -2.44. The molecule has 1 saturated heterocycles. The molecule has 0 radical (unpaired) electrons. The Morgan fingerprint density at radius 1 is 1.21 bits per heavy atom. The molecule has 29 heavy (non-hydrogen) atoms. The number of benzene rings is 1. The normalized spacial score (nSPS) is 18.3. The van der Waals surface area contributed by atoms with Crippen LogP contribution in [0.15, 0.2) is 35.3 Å². The van der Waals surface area contributed by atoms with Gasteiger partial charge in [0.2, 0.25) is 5.75 Å². The molecule has 4 rings (SSSR count). The molecule has 1 aliphatic heterocycles. The molecule has 1 aliphatic carbocycles. The third-order valence-electron chi connectivity index (χ3n) is 5.45. The van der Waals surface area contributed by atoms with Crippen molar-refractivity contribution in [2.45, 2.75) is 38.7 Å². The van der Waals surface area contributed by atoms with Gasteiger partial charge in [-0.3, -0.25) is 4.79 Å². The van der Waals surface area contributed by atoms with Gasteiger partial charge >= 0.3 is 5.56 Å². The lowest BCUT2D eigenvalue weighted by molar-refractivity contribution is 0.205. The minimum atomic E-state index is -0.220. The number of ether oxygens (including phenoxy) is 1. The van der Waals surface area contributed by atoms with E-state index in [9.17, 15) is 4.79 Å². The first kappa shape index (κ1) is 20.6. The van der Waals surface area contributed by atoms with Crippen LogP contribution >= 0.6 is 23.5 Å². The Balaban J connectivity index is 1.67. The number of rotatable bonds is 6. The third kappa shape index (κ3) is 4.73. The molecule has 0 spiro atoms. The minimum Gasteiger partial charge on any atom is -0.483 e. The van der Waals surface area contributed by atoms with Crippen molar-refractivity contribution in [3.63, 3.8) is 0 Å². The van der Waals surface area contributed by atoms with Gasteiger partial charge in [-0.15, -0.1) is 0 Å². The number of aromatic nitrogens is 2. The molecule has 0 amide bonds. The number of halogens is 1. The highest BCUT2D eigenvalue weighted by Gasteiger charge is 2.26. The Bertz CT molecular complexity index is 892. The number of piperazine rings is 1. The average molecular weight is 435 g/mol. The number of nitrogens with zero attached hydrogens (tertiary/aromatic N) is 4. The maximum Gasteiger partial charge on any atom is 0.316 e. The zero-order chi connectivity index (χ0) is 20.2. The Kier molecular flexibility index (Phi) is 6.67. The first-order chi connectivity index (χ1) is 14.2. The van der Waals surface area contributed by atoms with Gasteiger partial charge in [-0.1, -0.05) is 36.5 Å². The maximum atomic E-state index is 13.4. The van der Waals surface area contributed by atoms with Crippen LogP contribution in [0.4, 0.5) is 5.69 Å². The molecule has 8 heteroatoms. The molecule has 1 saturated carbocycles. The van der Waals surface area contributed by atoms with Gasteiger partial charge in [0.1, 0.15) is 5.69 Å². The second-order valence-electron chi connectivity index (χ2n) is 7.41. The molecule has 6 nitrogen and oxygen atoms in total. The quantitative estimate of drug-likeness (QED) is 0.640. The molecule has 0 atom stereocenters. The first-order valence-corrected chi connectivity index (χ1v) is 11.7. The van der Waals surface area contributed by atoms with Crippen molar-refractivity contribution in [2.75, 3.05) is 36.8 Å².